The minimum absolute atomic E-state index is 0.0950. The van der Waals surface area contributed by atoms with Crippen LogP contribution >= 0.6 is 0 Å². The van der Waals surface area contributed by atoms with Gasteiger partial charge < -0.3 is 9.84 Å². The molecule has 0 saturated heterocycles. The second-order valence-corrected chi connectivity index (χ2v) is 2.19. The topological polar surface area (TPSA) is 49.1 Å². The quantitative estimate of drug-likeness (QED) is 0.439. The predicted molar refractivity (Wildman–Crippen MR) is 38.9 cm³/mol. The van der Waals surface area contributed by atoms with E-state index in [4.69, 9.17) is 9.84 Å². The Labute approximate surface area is 65.4 Å². The van der Waals surface area contributed by atoms with Crippen LogP contribution in [0.4, 0.5) is 0 Å². The molecule has 1 heterocycles. The van der Waals surface area contributed by atoms with Crippen LogP contribution in [-0.4, -0.2) is 29.9 Å². The number of aromatic amines is 1. The van der Waals surface area contributed by atoms with Gasteiger partial charge in [-0.3, -0.25) is 4.98 Å². The van der Waals surface area contributed by atoms with Crippen molar-refractivity contribution >= 4 is 0 Å². The maximum absolute atomic E-state index is 8.39. The highest BCUT2D eigenvalue weighted by atomic mass is 16.5. The molecular weight excluding hydrogens is 144 g/mol. The predicted octanol–water partition coefficient (Wildman–Crippen LogP) is -0.689. The number of hydrogen-bond acceptors (Lipinski definition) is 2. The standard InChI is InChI=1S/C7H12N2O2/c10-4-6-11-5-3-9-2-1-8-7-9/h1-2,7,10H,3-6H2/p+1. The van der Waals surface area contributed by atoms with Crippen molar-refractivity contribution in [3.8, 4) is 0 Å². The molecule has 0 fully saturated rings. The molecule has 0 radical (unpaired) electrons. The number of aromatic nitrogens is 2. The first-order valence-corrected chi connectivity index (χ1v) is 3.64. The molecule has 1 rings (SSSR count). The number of imidazole rings is 1. The van der Waals surface area contributed by atoms with Crippen LogP contribution < -0.4 is 4.57 Å². The first-order valence-electron chi connectivity index (χ1n) is 3.64. The van der Waals surface area contributed by atoms with Gasteiger partial charge in [-0.1, -0.05) is 0 Å². The van der Waals surface area contributed by atoms with Crippen LogP contribution in [0.25, 0.3) is 0 Å². The average Bonchev–Trinajstić information content (AvgIpc) is 2.50. The molecule has 0 atom stereocenters. The lowest BCUT2D eigenvalue weighted by molar-refractivity contribution is -0.697. The highest BCUT2D eigenvalue weighted by Crippen LogP contribution is 1.74. The number of rotatable bonds is 5. The number of ether oxygens (including phenoxy) is 1. The smallest absolute Gasteiger partial charge is 0.241 e. The first kappa shape index (κ1) is 8.23. The number of aliphatic hydroxyl groups excluding tert-OH is 1. The zero-order chi connectivity index (χ0) is 7.94. The van der Waals surface area contributed by atoms with Crippen LogP contribution in [0, 0.1) is 0 Å². The third-order valence-electron chi connectivity index (χ3n) is 1.33. The van der Waals surface area contributed by atoms with E-state index in [9.17, 15) is 0 Å². The van der Waals surface area contributed by atoms with Gasteiger partial charge in [-0.15, -0.1) is 0 Å². The minimum atomic E-state index is 0.0950. The maximum Gasteiger partial charge on any atom is 0.241 e. The summed E-state index contributed by atoms with van der Waals surface area (Å²) >= 11 is 0. The fraction of sp³-hybridized carbons (Fsp3) is 0.571. The molecule has 0 aliphatic rings. The second kappa shape index (κ2) is 4.87. The molecule has 4 heteroatoms. The molecule has 0 unspecified atom stereocenters. The molecular formula is C7H13N2O2+. The van der Waals surface area contributed by atoms with Gasteiger partial charge in [-0.05, 0) is 0 Å². The third-order valence-corrected chi connectivity index (χ3v) is 1.33. The molecule has 0 spiro atoms. The van der Waals surface area contributed by atoms with Gasteiger partial charge >= 0.3 is 0 Å². The van der Waals surface area contributed by atoms with Gasteiger partial charge in [-0.2, -0.15) is 0 Å². The van der Waals surface area contributed by atoms with Crippen molar-refractivity contribution < 1.29 is 14.4 Å². The lowest BCUT2D eigenvalue weighted by Crippen LogP contribution is -2.33. The van der Waals surface area contributed by atoms with Crippen molar-refractivity contribution in [3.05, 3.63) is 18.7 Å². The van der Waals surface area contributed by atoms with Gasteiger partial charge in [0.05, 0.1) is 19.8 Å². The summed E-state index contributed by atoms with van der Waals surface area (Å²) < 4.78 is 7.05. The molecule has 1 aromatic rings. The van der Waals surface area contributed by atoms with Crippen LogP contribution in [0.3, 0.4) is 0 Å². The summed E-state index contributed by atoms with van der Waals surface area (Å²) in [6.07, 6.45) is 5.65. The van der Waals surface area contributed by atoms with E-state index in [0.29, 0.717) is 13.2 Å². The highest BCUT2D eigenvalue weighted by Gasteiger charge is 1.94. The molecule has 0 aliphatic heterocycles. The molecule has 2 N–H and O–H groups in total. The Morgan fingerprint density at radius 3 is 3.00 bits per heavy atom. The van der Waals surface area contributed by atoms with E-state index in [1.807, 2.05) is 23.3 Å². The fourth-order valence-electron chi connectivity index (χ4n) is 0.796. The maximum atomic E-state index is 8.39. The number of nitrogens with one attached hydrogen (secondary N) is 1. The first-order chi connectivity index (χ1) is 5.43. The van der Waals surface area contributed by atoms with Crippen LogP contribution in [0.15, 0.2) is 18.7 Å². The van der Waals surface area contributed by atoms with Gasteiger partial charge in [0, 0.05) is 0 Å². The van der Waals surface area contributed by atoms with E-state index in [-0.39, 0.29) is 6.61 Å². The number of nitrogens with zero attached hydrogens (tertiary/aromatic N) is 1. The second-order valence-electron chi connectivity index (χ2n) is 2.19. The van der Waals surface area contributed by atoms with E-state index < -0.39 is 0 Å². The molecule has 11 heavy (non-hydrogen) atoms. The van der Waals surface area contributed by atoms with Crippen molar-refractivity contribution in [2.24, 2.45) is 0 Å². The van der Waals surface area contributed by atoms with Crippen molar-refractivity contribution in [2.45, 2.75) is 6.54 Å². The number of H-pyrrole nitrogens is 1. The van der Waals surface area contributed by atoms with E-state index in [0.717, 1.165) is 6.54 Å². The van der Waals surface area contributed by atoms with Crippen LogP contribution in [0.5, 0.6) is 0 Å². The average molecular weight is 157 g/mol. The zero-order valence-electron chi connectivity index (χ0n) is 6.36. The lowest BCUT2D eigenvalue weighted by Gasteiger charge is -1.97. The summed E-state index contributed by atoms with van der Waals surface area (Å²) in [6, 6.07) is 0. The number of hydrogen-bond donors (Lipinski definition) is 2. The highest BCUT2D eigenvalue weighted by molar-refractivity contribution is 4.55. The largest absolute Gasteiger partial charge is 0.394 e. The van der Waals surface area contributed by atoms with Crippen molar-refractivity contribution in [1.82, 2.24) is 4.98 Å². The summed E-state index contributed by atoms with van der Waals surface area (Å²) in [5, 5.41) is 8.39. The molecule has 0 aromatic carbocycles. The number of aliphatic hydroxyl groups is 1. The molecule has 0 saturated carbocycles. The minimum Gasteiger partial charge on any atom is -0.394 e. The third kappa shape index (κ3) is 3.15. The monoisotopic (exact) mass is 157 g/mol. The van der Waals surface area contributed by atoms with Crippen molar-refractivity contribution in [1.29, 1.82) is 0 Å². The van der Waals surface area contributed by atoms with Gasteiger partial charge in [0.2, 0.25) is 6.33 Å². The Morgan fingerprint density at radius 1 is 1.45 bits per heavy atom. The Morgan fingerprint density at radius 2 is 2.36 bits per heavy atom. The van der Waals surface area contributed by atoms with Gasteiger partial charge in [0.25, 0.3) is 0 Å². The molecule has 62 valence electrons. The Kier molecular flexibility index (Phi) is 3.64. The van der Waals surface area contributed by atoms with E-state index in [2.05, 4.69) is 4.98 Å². The van der Waals surface area contributed by atoms with Gasteiger partial charge in [0.1, 0.15) is 18.9 Å². The van der Waals surface area contributed by atoms with E-state index in [1.54, 1.807) is 0 Å². The molecule has 0 bridgehead atoms. The summed E-state index contributed by atoms with van der Waals surface area (Å²) in [5.41, 5.74) is 0. The lowest BCUT2D eigenvalue weighted by atomic mass is 10.6. The Hall–Kier alpha value is -0.870. The fourth-order valence-corrected chi connectivity index (χ4v) is 0.796. The zero-order valence-corrected chi connectivity index (χ0v) is 6.36. The van der Waals surface area contributed by atoms with Gasteiger partial charge in [-0.25, -0.2) is 4.57 Å². The van der Waals surface area contributed by atoms with Crippen molar-refractivity contribution in [3.63, 3.8) is 0 Å². The van der Waals surface area contributed by atoms with Crippen LogP contribution in [0.1, 0.15) is 0 Å². The molecule has 1 aromatic heterocycles. The normalized spacial score (nSPS) is 10.3. The van der Waals surface area contributed by atoms with Gasteiger partial charge in [0.15, 0.2) is 0 Å². The molecule has 0 amide bonds. The summed E-state index contributed by atoms with van der Waals surface area (Å²) in [4.78, 5) is 2.93. The van der Waals surface area contributed by atoms with Crippen LogP contribution in [-0.2, 0) is 11.3 Å². The van der Waals surface area contributed by atoms with Crippen molar-refractivity contribution in [2.75, 3.05) is 19.8 Å². The SMILES string of the molecule is OCCOCC[n+]1cc[nH]c1. The Bertz CT molecular complexity index is 175. The molecule has 4 nitrogen and oxygen atoms in total. The summed E-state index contributed by atoms with van der Waals surface area (Å²) in [5.74, 6) is 0. The van der Waals surface area contributed by atoms with Crippen LogP contribution in [0.2, 0.25) is 0 Å². The summed E-state index contributed by atoms with van der Waals surface area (Å²) in [6.45, 7) is 1.98. The van der Waals surface area contributed by atoms with E-state index in [1.165, 1.54) is 0 Å². The molecule has 0 aliphatic carbocycles. The Balaban J connectivity index is 2.04. The van der Waals surface area contributed by atoms with E-state index >= 15 is 0 Å². The summed E-state index contributed by atoms with van der Waals surface area (Å²) in [7, 11) is 0.